The summed E-state index contributed by atoms with van der Waals surface area (Å²) in [4.78, 5) is 0. The highest BCUT2D eigenvalue weighted by molar-refractivity contribution is 7.43. The first-order valence-corrected chi connectivity index (χ1v) is 23.3. The number of fused-ring (bicyclic) bond motifs is 6. The smallest absolute Gasteiger partial charge is 0.407 e. The standard InChI is InChI=1S/C61H37O3P/c1-7-25-43-37(16-1)22-13-31-49(43)56-46-28-10-4-19-40(46)34-52-55-53-35-41-20-5-11-29-47(41)57(50-32-14-23-38-17-2-8-26-44(38)50)60(53)63-65(62-59(52)56)64-61-54(55)36-42-21-6-12-30-48(42)58(61)51-33-15-24-39-18-3-9-27-45(39)51/h1-36,55H. The second-order valence-electron chi connectivity index (χ2n) is 17.2. The van der Waals surface area contributed by atoms with Gasteiger partial charge in [0.25, 0.3) is 0 Å². The minimum absolute atomic E-state index is 0.387. The SMILES string of the molecule is c1ccc2c(-c3c4c(cc5ccccc35)C3c5cc6ccccc6c(-c6cccc7ccccc67)c5OP(O4)Oc4c3cc3ccccc3c4-c3cccc4ccccc34)cccc2c1. The Morgan fingerprint density at radius 1 is 0.262 bits per heavy atom. The van der Waals surface area contributed by atoms with Crippen LogP contribution in [-0.2, 0) is 0 Å². The fourth-order valence-electron chi connectivity index (χ4n) is 10.9. The summed E-state index contributed by atoms with van der Waals surface area (Å²) in [6, 6.07) is 79.0. The first-order valence-electron chi connectivity index (χ1n) is 22.2. The van der Waals surface area contributed by atoms with Crippen LogP contribution in [0.5, 0.6) is 17.2 Å². The summed E-state index contributed by atoms with van der Waals surface area (Å²) in [5.41, 5.74) is 9.67. The molecular formula is C61H37O3P. The Morgan fingerprint density at radius 3 is 0.846 bits per heavy atom. The molecule has 3 aliphatic rings. The molecule has 12 aromatic rings. The molecule has 0 saturated heterocycles. The van der Waals surface area contributed by atoms with Gasteiger partial charge in [0.2, 0.25) is 0 Å². The highest BCUT2D eigenvalue weighted by Gasteiger charge is 2.42. The van der Waals surface area contributed by atoms with Gasteiger partial charge < -0.3 is 13.6 Å². The molecule has 0 aliphatic carbocycles. The molecule has 15 rings (SSSR count). The average Bonchev–Trinajstić information content (AvgIpc) is 3.35. The number of rotatable bonds is 3. The van der Waals surface area contributed by atoms with E-state index in [0.29, 0.717) is 0 Å². The maximum Gasteiger partial charge on any atom is 0.530 e. The number of hydrogen-bond donors (Lipinski definition) is 0. The monoisotopic (exact) mass is 848 g/mol. The Labute approximate surface area is 376 Å². The second-order valence-corrected chi connectivity index (χ2v) is 18.2. The van der Waals surface area contributed by atoms with Gasteiger partial charge in [0.15, 0.2) is 0 Å². The lowest BCUT2D eigenvalue weighted by Crippen LogP contribution is -2.19. The molecule has 0 fully saturated rings. The Hall–Kier alpha value is -7.97. The first-order chi connectivity index (χ1) is 32.2. The molecule has 4 heteroatoms. The van der Waals surface area contributed by atoms with Crippen molar-refractivity contribution in [3.8, 4) is 50.6 Å². The third-order valence-electron chi connectivity index (χ3n) is 13.7. The molecule has 0 aromatic heterocycles. The second kappa shape index (κ2) is 14.3. The molecule has 0 saturated carbocycles. The van der Waals surface area contributed by atoms with Gasteiger partial charge in [-0.15, -0.1) is 0 Å². The van der Waals surface area contributed by atoms with E-state index in [0.717, 1.165) is 116 Å². The van der Waals surface area contributed by atoms with E-state index in [1.807, 2.05) is 0 Å². The van der Waals surface area contributed by atoms with Crippen molar-refractivity contribution in [2.45, 2.75) is 5.92 Å². The van der Waals surface area contributed by atoms with Gasteiger partial charge in [0.1, 0.15) is 17.2 Å². The molecule has 3 nitrogen and oxygen atoms in total. The third kappa shape index (κ3) is 5.53. The van der Waals surface area contributed by atoms with Crippen LogP contribution < -0.4 is 13.6 Å². The molecule has 0 radical (unpaired) electrons. The van der Waals surface area contributed by atoms with Crippen molar-refractivity contribution >= 4 is 73.2 Å². The normalized spacial score (nSPS) is 15.1. The van der Waals surface area contributed by atoms with Crippen LogP contribution in [-0.4, -0.2) is 0 Å². The van der Waals surface area contributed by atoms with Crippen molar-refractivity contribution in [3.05, 3.63) is 235 Å². The summed E-state index contributed by atoms with van der Waals surface area (Å²) in [5, 5.41) is 13.8. The summed E-state index contributed by atoms with van der Waals surface area (Å²) < 4.78 is 22.7. The summed E-state index contributed by atoms with van der Waals surface area (Å²) in [6.45, 7) is 0. The lowest BCUT2D eigenvalue weighted by molar-refractivity contribution is 0.372. The van der Waals surface area contributed by atoms with Crippen molar-refractivity contribution < 1.29 is 13.6 Å². The van der Waals surface area contributed by atoms with E-state index < -0.39 is 8.60 Å². The Balaban J connectivity index is 1.18. The molecule has 0 amide bonds. The van der Waals surface area contributed by atoms with E-state index in [9.17, 15) is 0 Å². The van der Waals surface area contributed by atoms with Crippen LogP contribution in [0.4, 0.5) is 0 Å². The highest BCUT2D eigenvalue weighted by Crippen LogP contribution is 2.64. The Kier molecular flexibility index (Phi) is 8.02. The van der Waals surface area contributed by atoms with Gasteiger partial charge in [-0.25, -0.2) is 0 Å². The maximum absolute atomic E-state index is 7.57. The molecule has 304 valence electrons. The van der Waals surface area contributed by atoms with Crippen LogP contribution in [0.25, 0.3) is 98.0 Å². The zero-order valence-electron chi connectivity index (χ0n) is 35.0. The molecule has 2 bridgehead atoms. The topological polar surface area (TPSA) is 27.7 Å². The lowest BCUT2D eigenvalue weighted by Gasteiger charge is -2.37. The van der Waals surface area contributed by atoms with E-state index in [4.69, 9.17) is 13.6 Å². The predicted octanol–water partition coefficient (Wildman–Crippen LogP) is 17.2. The van der Waals surface area contributed by atoms with E-state index in [1.165, 1.54) is 16.2 Å². The van der Waals surface area contributed by atoms with Crippen LogP contribution in [0.15, 0.2) is 218 Å². The minimum Gasteiger partial charge on any atom is -0.407 e. The van der Waals surface area contributed by atoms with Crippen molar-refractivity contribution in [2.75, 3.05) is 0 Å². The minimum atomic E-state index is -2.15. The molecular weight excluding hydrogens is 812 g/mol. The van der Waals surface area contributed by atoms with Crippen LogP contribution >= 0.6 is 8.60 Å². The van der Waals surface area contributed by atoms with E-state index in [2.05, 4.69) is 218 Å². The number of benzene rings is 12. The van der Waals surface area contributed by atoms with Crippen molar-refractivity contribution in [1.29, 1.82) is 0 Å². The van der Waals surface area contributed by atoms with Gasteiger partial charge in [-0.3, -0.25) is 0 Å². The van der Waals surface area contributed by atoms with Gasteiger partial charge in [0.05, 0.1) is 0 Å². The summed E-state index contributed by atoms with van der Waals surface area (Å²) in [5.74, 6) is 1.97. The fraction of sp³-hybridized carbons (Fsp3) is 0.0164. The van der Waals surface area contributed by atoms with Gasteiger partial charge in [-0.2, -0.15) is 0 Å². The molecule has 12 aromatic carbocycles. The van der Waals surface area contributed by atoms with E-state index in [-0.39, 0.29) is 5.92 Å². The predicted molar refractivity (Wildman–Crippen MR) is 270 cm³/mol. The van der Waals surface area contributed by atoms with Crippen molar-refractivity contribution in [1.82, 2.24) is 0 Å². The van der Waals surface area contributed by atoms with Gasteiger partial charge in [-0.05, 0) is 99.5 Å². The summed E-state index contributed by atoms with van der Waals surface area (Å²) >= 11 is 0. The third-order valence-corrected chi connectivity index (χ3v) is 14.7. The van der Waals surface area contributed by atoms with Gasteiger partial charge >= 0.3 is 8.60 Å². The highest BCUT2D eigenvalue weighted by atomic mass is 31.2. The van der Waals surface area contributed by atoms with Crippen LogP contribution in [0.3, 0.4) is 0 Å². The van der Waals surface area contributed by atoms with E-state index in [1.54, 1.807) is 0 Å². The molecule has 0 unspecified atom stereocenters. The summed E-state index contributed by atoms with van der Waals surface area (Å²) in [6.07, 6.45) is 0. The quantitative estimate of drug-likeness (QED) is 0.166. The molecule has 0 N–H and O–H groups in total. The van der Waals surface area contributed by atoms with Crippen molar-refractivity contribution in [3.63, 3.8) is 0 Å². The van der Waals surface area contributed by atoms with Gasteiger partial charge in [0, 0.05) is 39.3 Å². The fourth-order valence-corrected chi connectivity index (χ4v) is 12.1. The van der Waals surface area contributed by atoms with Crippen LogP contribution in [0, 0.1) is 0 Å². The molecule has 0 atom stereocenters. The zero-order valence-corrected chi connectivity index (χ0v) is 35.9. The van der Waals surface area contributed by atoms with Gasteiger partial charge in [-0.1, -0.05) is 200 Å². The zero-order chi connectivity index (χ0) is 42.6. The summed E-state index contributed by atoms with van der Waals surface area (Å²) in [7, 11) is -2.15. The Bertz CT molecular complexity index is 3540. The maximum atomic E-state index is 7.57. The van der Waals surface area contributed by atoms with E-state index >= 15 is 0 Å². The largest absolute Gasteiger partial charge is 0.530 e. The molecule has 3 heterocycles. The first kappa shape index (κ1) is 36.5. The number of hydrogen-bond acceptors (Lipinski definition) is 3. The average molecular weight is 849 g/mol. The lowest BCUT2D eigenvalue weighted by atomic mass is 9.77. The Morgan fingerprint density at radius 2 is 0.523 bits per heavy atom. The van der Waals surface area contributed by atoms with Crippen molar-refractivity contribution in [2.24, 2.45) is 0 Å². The van der Waals surface area contributed by atoms with Crippen LogP contribution in [0.1, 0.15) is 22.6 Å². The van der Waals surface area contributed by atoms with Crippen LogP contribution in [0.2, 0.25) is 0 Å². The molecule has 65 heavy (non-hydrogen) atoms. The molecule has 3 aliphatic heterocycles. The molecule has 0 spiro atoms.